The fourth-order valence-electron chi connectivity index (χ4n) is 3.53. The van der Waals surface area contributed by atoms with Crippen molar-refractivity contribution in [2.45, 2.75) is 31.6 Å². The van der Waals surface area contributed by atoms with E-state index in [2.05, 4.69) is 5.32 Å². The van der Waals surface area contributed by atoms with E-state index in [1.807, 2.05) is 66.5 Å². The Kier molecular flexibility index (Phi) is 6.97. The van der Waals surface area contributed by atoms with Crippen LogP contribution in [0.15, 0.2) is 59.6 Å². The number of hydrogen-bond donors (Lipinski definition) is 2. The van der Waals surface area contributed by atoms with E-state index >= 15 is 0 Å². The van der Waals surface area contributed by atoms with Crippen molar-refractivity contribution in [3.63, 3.8) is 0 Å². The van der Waals surface area contributed by atoms with Crippen molar-refractivity contribution in [1.82, 2.24) is 5.32 Å². The lowest BCUT2D eigenvalue weighted by atomic mass is 10.00. The number of fused-ring (bicyclic) bond motifs is 1. The molecule has 0 saturated carbocycles. The molecule has 1 amide bonds. The van der Waals surface area contributed by atoms with Gasteiger partial charge in [0.25, 0.3) is 0 Å². The predicted molar refractivity (Wildman–Crippen MR) is 118 cm³/mol. The molecule has 3 N–H and O–H groups in total. The number of benzodiazepines with no additional fused rings is 1. The SMILES string of the molecule is COCCC(=O)NC(C)C(=O)C1N=C(c2ccccc2)c2ccccc2N(C)[C@@H]1N. The summed E-state index contributed by atoms with van der Waals surface area (Å²) in [5, 5.41) is 2.73. The van der Waals surface area contributed by atoms with Gasteiger partial charge < -0.3 is 20.7 Å². The Hall–Kier alpha value is -3.03. The number of carbonyl (C=O) groups is 2. The molecule has 2 aromatic rings. The number of ketones is 1. The van der Waals surface area contributed by atoms with Gasteiger partial charge in [-0.3, -0.25) is 14.6 Å². The summed E-state index contributed by atoms with van der Waals surface area (Å²) < 4.78 is 4.92. The molecule has 7 heteroatoms. The summed E-state index contributed by atoms with van der Waals surface area (Å²) in [6.07, 6.45) is -0.479. The van der Waals surface area contributed by atoms with Crippen molar-refractivity contribution in [2.75, 3.05) is 25.7 Å². The standard InChI is InChI=1S/C23H28N4O3/c1-15(25-19(28)13-14-30-3)22(29)21-23(24)27(2)18-12-8-7-11-17(18)20(26-21)16-9-5-4-6-10-16/h4-12,15,21,23H,13-14,24H2,1-3H3,(H,25,28)/t15?,21?,23-/m0/s1. The van der Waals surface area contributed by atoms with E-state index in [9.17, 15) is 9.59 Å². The van der Waals surface area contributed by atoms with E-state index in [4.69, 9.17) is 15.5 Å². The minimum Gasteiger partial charge on any atom is -0.384 e. The van der Waals surface area contributed by atoms with Gasteiger partial charge in [0.05, 0.1) is 18.4 Å². The van der Waals surface area contributed by atoms with E-state index in [0.717, 1.165) is 16.8 Å². The molecule has 0 spiro atoms. The third-order valence-corrected chi connectivity index (χ3v) is 5.25. The quantitative estimate of drug-likeness (QED) is 0.727. The van der Waals surface area contributed by atoms with Gasteiger partial charge in [-0.25, -0.2) is 0 Å². The number of anilines is 1. The first kappa shape index (κ1) is 21.7. The minimum atomic E-state index is -0.838. The molecule has 3 rings (SSSR count). The number of rotatable bonds is 7. The monoisotopic (exact) mass is 408 g/mol. The van der Waals surface area contributed by atoms with Crippen LogP contribution in [0.5, 0.6) is 0 Å². The zero-order chi connectivity index (χ0) is 21.7. The highest BCUT2D eigenvalue weighted by molar-refractivity contribution is 6.17. The molecule has 0 radical (unpaired) electrons. The molecule has 30 heavy (non-hydrogen) atoms. The van der Waals surface area contributed by atoms with E-state index in [0.29, 0.717) is 12.3 Å². The summed E-state index contributed by atoms with van der Waals surface area (Å²) in [4.78, 5) is 32.0. The molecule has 1 heterocycles. The maximum absolute atomic E-state index is 13.3. The average molecular weight is 409 g/mol. The van der Waals surface area contributed by atoms with Crippen LogP contribution in [0.25, 0.3) is 0 Å². The van der Waals surface area contributed by atoms with Gasteiger partial charge in [-0.1, -0.05) is 48.5 Å². The smallest absolute Gasteiger partial charge is 0.222 e. The summed E-state index contributed by atoms with van der Waals surface area (Å²) in [6.45, 7) is 1.96. The summed E-state index contributed by atoms with van der Waals surface area (Å²) in [7, 11) is 3.38. The van der Waals surface area contributed by atoms with Gasteiger partial charge in [0.2, 0.25) is 5.91 Å². The Balaban J connectivity index is 1.98. The molecular formula is C23H28N4O3. The van der Waals surface area contributed by atoms with Gasteiger partial charge in [-0.15, -0.1) is 0 Å². The van der Waals surface area contributed by atoms with Crippen molar-refractivity contribution in [3.05, 3.63) is 65.7 Å². The lowest BCUT2D eigenvalue weighted by Gasteiger charge is -2.30. The Morgan fingerprint density at radius 2 is 1.83 bits per heavy atom. The maximum atomic E-state index is 13.3. The average Bonchev–Trinajstić information content (AvgIpc) is 2.88. The molecule has 0 aliphatic carbocycles. The van der Waals surface area contributed by atoms with Crippen molar-refractivity contribution in [2.24, 2.45) is 10.7 Å². The molecule has 0 fully saturated rings. The molecule has 2 unspecified atom stereocenters. The summed E-state index contributed by atoms with van der Waals surface area (Å²) in [5.41, 5.74) is 9.92. The number of likely N-dealkylation sites (N-methyl/N-ethyl adjacent to an activating group) is 1. The van der Waals surface area contributed by atoms with Gasteiger partial charge in [0.15, 0.2) is 5.78 Å². The van der Waals surface area contributed by atoms with Gasteiger partial charge in [0.1, 0.15) is 12.2 Å². The van der Waals surface area contributed by atoms with E-state index < -0.39 is 18.2 Å². The lowest BCUT2D eigenvalue weighted by molar-refractivity contribution is -0.128. The van der Waals surface area contributed by atoms with Crippen molar-refractivity contribution in [1.29, 1.82) is 0 Å². The molecule has 3 atom stereocenters. The topological polar surface area (TPSA) is 97.0 Å². The van der Waals surface area contributed by atoms with Gasteiger partial charge in [-0.2, -0.15) is 0 Å². The van der Waals surface area contributed by atoms with Crippen LogP contribution in [0.4, 0.5) is 5.69 Å². The second kappa shape index (κ2) is 9.65. The number of aliphatic imine (C=N–C) groups is 1. The summed E-state index contributed by atoms with van der Waals surface area (Å²) in [5.74, 6) is -0.481. The third kappa shape index (κ3) is 4.58. The Labute approximate surface area is 176 Å². The highest BCUT2D eigenvalue weighted by Crippen LogP contribution is 2.29. The second-order valence-corrected chi connectivity index (χ2v) is 7.34. The van der Waals surface area contributed by atoms with Crippen molar-refractivity contribution < 1.29 is 14.3 Å². The number of para-hydroxylation sites is 1. The van der Waals surface area contributed by atoms with Crippen LogP contribution in [0.1, 0.15) is 24.5 Å². The molecule has 0 bridgehead atoms. The van der Waals surface area contributed by atoms with Gasteiger partial charge in [-0.05, 0) is 13.0 Å². The third-order valence-electron chi connectivity index (χ3n) is 5.25. The molecule has 1 aliphatic heterocycles. The summed E-state index contributed by atoms with van der Waals surface area (Å²) >= 11 is 0. The normalized spacial score (nSPS) is 19.3. The zero-order valence-corrected chi connectivity index (χ0v) is 17.5. The number of carbonyl (C=O) groups excluding carboxylic acids is 2. The molecule has 7 nitrogen and oxygen atoms in total. The number of nitrogens with two attached hydrogens (primary N) is 1. The predicted octanol–water partition coefficient (Wildman–Crippen LogP) is 1.74. The maximum Gasteiger partial charge on any atom is 0.222 e. The van der Waals surface area contributed by atoms with Crippen LogP contribution in [0, 0.1) is 0 Å². The number of amides is 1. The summed E-state index contributed by atoms with van der Waals surface area (Å²) in [6, 6.07) is 16.0. The molecular weight excluding hydrogens is 380 g/mol. The number of hydrogen-bond acceptors (Lipinski definition) is 6. The van der Waals surface area contributed by atoms with Gasteiger partial charge in [0, 0.05) is 37.4 Å². The van der Waals surface area contributed by atoms with E-state index in [1.54, 1.807) is 6.92 Å². The van der Waals surface area contributed by atoms with Crippen LogP contribution in [-0.4, -0.2) is 56.4 Å². The second-order valence-electron chi connectivity index (χ2n) is 7.34. The first-order valence-electron chi connectivity index (χ1n) is 9.97. The fourth-order valence-corrected chi connectivity index (χ4v) is 3.53. The number of nitrogens with one attached hydrogen (secondary N) is 1. The van der Waals surface area contributed by atoms with Crippen LogP contribution in [-0.2, 0) is 14.3 Å². The Bertz CT molecular complexity index is 929. The van der Waals surface area contributed by atoms with Crippen LogP contribution >= 0.6 is 0 Å². The van der Waals surface area contributed by atoms with Crippen LogP contribution in [0.2, 0.25) is 0 Å². The highest BCUT2D eigenvalue weighted by atomic mass is 16.5. The fraction of sp³-hybridized carbons (Fsp3) is 0.348. The van der Waals surface area contributed by atoms with E-state index in [-0.39, 0.29) is 18.1 Å². The van der Waals surface area contributed by atoms with Crippen molar-refractivity contribution in [3.8, 4) is 0 Å². The zero-order valence-electron chi connectivity index (χ0n) is 17.5. The number of nitrogens with zero attached hydrogens (tertiary/aromatic N) is 2. The van der Waals surface area contributed by atoms with Gasteiger partial charge >= 0.3 is 0 Å². The Morgan fingerprint density at radius 3 is 2.53 bits per heavy atom. The number of Topliss-reactive ketones (excluding diaryl/α,β-unsaturated/α-hetero) is 1. The van der Waals surface area contributed by atoms with Crippen LogP contribution < -0.4 is 16.0 Å². The molecule has 0 aromatic heterocycles. The molecule has 0 saturated heterocycles. The lowest BCUT2D eigenvalue weighted by Crippen LogP contribution is -2.55. The molecule has 2 aromatic carbocycles. The number of ether oxygens (including phenoxy) is 1. The first-order valence-corrected chi connectivity index (χ1v) is 9.97. The first-order chi connectivity index (χ1) is 14.4. The van der Waals surface area contributed by atoms with Crippen molar-refractivity contribution >= 4 is 23.1 Å². The molecule has 158 valence electrons. The van der Waals surface area contributed by atoms with E-state index in [1.165, 1.54) is 7.11 Å². The van der Waals surface area contributed by atoms with Crippen LogP contribution in [0.3, 0.4) is 0 Å². The highest BCUT2D eigenvalue weighted by Gasteiger charge is 2.36. The Morgan fingerprint density at radius 1 is 1.17 bits per heavy atom. The number of benzene rings is 2. The largest absolute Gasteiger partial charge is 0.384 e. The molecule has 1 aliphatic rings. The number of methoxy groups -OCH3 is 1. The minimum absolute atomic E-state index is 0.189.